The summed E-state index contributed by atoms with van der Waals surface area (Å²) in [5.74, 6) is 0.938. The first-order valence-electron chi connectivity index (χ1n) is 6.71. The third kappa shape index (κ3) is 3.35. The van der Waals surface area contributed by atoms with Crippen LogP contribution in [0.1, 0.15) is 17.5 Å². The normalized spacial score (nSPS) is 17.6. The Balaban J connectivity index is 2.12. The lowest BCUT2D eigenvalue weighted by molar-refractivity contribution is 0.204. The summed E-state index contributed by atoms with van der Waals surface area (Å²) in [5, 5.41) is 17.8. The molecule has 0 saturated carbocycles. The number of aliphatic hydroxyl groups excluding tert-OH is 1. The molecule has 0 aromatic carbocycles. The summed E-state index contributed by atoms with van der Waals surface area (Å²) in [6.07, 6.45) is 1.07. The number of nitrogens with zero attached hydrogens (tertiary/aromatic N) is 4. The zero-order chi connectivity index (χ0) is 13.8. The molecule has 0 aliphatic carbocycles. The lowest BCUT2D eigenvalue weighted by Crippen LogP contribution is -2.33. The minimum Gasteiger partial charge on any atom is -0.395 e. The molecule has 6 heteroatoms. The standard InChI is InChI=1S/C13H21ClN4O/c1-10-11(2)13(16-15-12(10)14)18-5-3-4-17(6-7-18)8-9-19/h19H,3-9H2,1-2H3. The van der Waals surface area contributed by atoms with Crippen LogP contribution in [0.25, 0.3) is 0 Å². The quantitative estimate of drug-likeness (QED) is 0.905. The monoisotopic (exact) mass is 284 g/mol. The number of aliphatic hydroxyl groups is 1. The topological polar surface area (TPSA) is 52.5 Å². The summed E-state index contributed by atoms with van der Waals surface area (Å²) in [5.41, 5.74) is 2.11. The van der Waals surface area contributed by atoms with E-state index in [2.05, 4.69) is 20.0 Å². The number of hydrogen-bond donors (Lipinski definition) is 1. The Bertz CT molecular complexity index is 441. The first-order chi connectivity index (χ1) is 9.13. The van der Waals surface area contributed by atoms with Crippen molar-refractivity contribution in [2.24, 2.45) is 0 Å². The van der Waals surface area contributed by atoms with Crippen molar-refractivity contribution in [3.63, 3.8) is 0 Å². The highest BCUT2D eigenvalue weighted by Gasteiger charge is 2.19. The second kappa shape index (κ2) is 6.50. The maximum Gasteiger partial charge on any atom is 0.155 e. The van der Waals surface area contributed by atoms with Crippen LogP contribution in [0.15, 0.2) is 0 Å². The number of aromatic nitrogens is 2. The number of β-amino-alcohol motifs (C(OH)–C–C–N with tert-alkyl or cyclic N) is 1. The highest BCUT2D eigenvalue weighted by Crippen LogP contribution is 2.24. The minimum atomic E-state index is 0.221. The molecule has 1 aliphatic rings. The summed E-state index contributed by atoms with van der Waals surface area (Å²) in [6.45, 7) is 8.85. The van der Waals surface area contributed by atoms with Crippen LogP contribution in [-0.2, 0) is 0 Å². The molecule has 1 fully saturated rings. The van der Waals surface area contributed by atoms with Gasteiger partial charge in [-0.05, 0) is 37.9 Å². The van der Waals surface area contributed by atoms with Gasteiger partial charge in [0.15, 0.2) is 11.0 Å². The second-order valence-electron chi connectivity index (χ2n) is 4.97. The van der Waals surface area contributed by atoms with Gasteiger partial charge in [0, 0.05) is 26.2 Å². The average Bonchev–Trinajstić information content (AvgIpc) is 2.63. The Kier molecular flexibility index (Phi) is 4.96. The van der Waals surface area contributed by atoms with E-state index in [0.29, 0.717) is 5.15 Å². The largest absolute Gasteiger partial charge is 0.395 e. The number of halogens is 1. The van der Waals surface area contributed by atoms with Crippen molar-refractivity contribution < 1.29 is 5.11 Å². The molecule has 1 aromatic rings. The van der Waals surface area contributed by atoms with E-state index in [0.717, 1.165) is 56.1 Å². The van der Waals surface area contributed by atoms with E-state index in [1.54, 1.807) is 0 Å². The second-order valence-corrected chi connectivity index (χ2v) is 5.33. The van der Waals surface area contributed by atoms with Crippen LogP contribution in [0.3, 0.4) is 0 Å². The third-order valence-corrected chi connectivity index (χ3v) is 4.10. The zero-order valence-corrected chi connectivity index (χ0v) is 12.3. The molecular weight excluding hydrogens is 264 g/mol. The maximum atomic E-state index is 9.01. The van der Waals surface area contributed by atoms with Crippen LogP contribution >= 0.6 is 11.6 Å². The molecular formula is C13H21ClN4O. The number of anilines is 1. The molecule has 0 atom stereocenters. The van der Waals surface area contributed by atoms with Crippen molar-refractivity contribution in [1.82, 2.24) is 15.1 Å². The number of hydrogen-bond acceptors (Lipinski definition) is 5. The highest BCUT2D eigenvalue weighted by atomic mass is 35.5. The van der Waals surface area contributed by atoms with Gasteiger partial charge in [0.05, 0.1) is 6.61 Å². The first-order valence-corrected chi connectivity index (χ1v) is 7.09. The molecule has 1 aliphatic heterocycles. The van der Waals surface area contributed by atoms with Crippen LogP contribution in [0.2, 0.25) is 5.15 Å². The van der Waals surface area contributed by atoms with Gasteiger partial charge in [-0.2, -0.15) is 0 Å². The van der Waals surface area contributed by atoms with Gasteiger partial charge < -0.3 is 10.0 Å². The summed E-state index contributed by atoms with van der Waals surface area (Å²) in [7, 11) is 0. The van der Waals surface area contributed by atoms with Crippen LogP contribution < -0.4 is 4.90 Å². The predicted octanol–water partition coefficient (Wildman–Crippen LogP) is 1.25. The summed E-state index contributed by atoms with van der Waals surface area (Å²) in [6, 6.07) is 0. The molecule has 5 nitrogen and oxygen atoms in total. The maximum absolute atomic E-state index is 9.01. The molecule has 2 rings (SSSR count). The Morgan fingerprint density at radius 3 is 2.63 bits per heavy atom. The van der Waals surface area contributed by atoms with Crippen LogP contribution in [-0.4, -0.2) is 59.5 Å². The zero-order valence-electron chi connectivity index (χ0n) is 11.6. The Labute approximate surface area is 119 Å². The van der Waals surface area contributed by atoms with Crippen LogP contribution in [0, 0.1) is 13.8 Å². The van der Waals surface area contributed by atoms with E-state index in [9.17, 15) is 0 Å². The SMILES string of the molecule is Cc1c(Cl)nnc(N2CCCN(CCO)CC2)c1C. The van der Waals surface area contributed by atoms with Crippen molar-refractivity contribution in [3.8, 4) is 0 Å². The van der Waals surface area contributed by atoms with Crippen molar-refractivity contribution in [3.05, 3.63) is 16.3 Å². The fourth-order valence-corrected chi connectivity index (χ4v) is 2.59. The van der Waals surface area contributed by atoms with Gasteiger partial charge in [-0.15, -0.1) is 10.2 Å². The molecule has 1 N–H and O–H groups in total. The Hall–Kier alpha value is -0.910. The molecule has 19 heavy (non-hydrogen) atoms. The van der Waals surface area contributed by atoms with E-state index >= 15 is 0 Å². The summed E-state index contributed by atoms with van der Waals surface area (Å²) >= 11 is 5.99. The molecule has 2 heterocycles. The molecule has 106 valence electrons. The molecule has 1 saturated heterocycles. The van der Waals surface area contributed by atoms with Gasteiger partial charge in [0.1, 0.15) is 0 Å². The third-order valence-electron chi connectivity index (χ3n) is 3.74. The van der Waals surface area contributed by atoms with Gasteiger partial charge in [-0.3, -0.25) is 4.90 Å². The average molecular weight is 285 g/mol. The van der Waals surface area contributed by atoms with Gasteiger partial charge in [-0.25, -0.2) is 0 Å². The number of rotatable bonds is 3. The molecule has 0 spiro atoms. The predicted molar refractivity (Wildman–Crippen MR) is 76.9 cm³/mol. The minimum absolute atomic E-state index is 0.221. The highest BCUT2D eigenvalue weighted by molar-refractivity contribution is 6.30. The molecule has 0 unspecified atom stereocenters. The van der Waals surface area contributed by atoms with Gasteiger partial charge >= 0.3 is 0 Å². The molecule has 0 amide bonds. The van der Waals surface area contributed by atoms with Crippen LogP contribution in [0.5, 0.6) is 0 Å². The Morgan fingerprint density at radius 1 is 1.11 bits per heavy atom. The molecule has 0 bridgehead atoms. The Morgan fingerprint density at radius 2 is 1.89 bits per heavy atom. The van der Waals surface area contributed by atoms with E-state index in [1.807, 2.05) is 13.8 Å². The fraction of sp³-hybridized carbons (Fsp3) is 0.692. The molecule has 0 radical (unpaired) electrons. The van der Waals surface area contributed by atoms with E-state index in [4.69, 9.17) is 16.7 Å². The van der Waals surface area contributed by atoms with E-state index in [-0.39, 0.29) is 6.61 Å². The van der Waals surface area contributed by atoms with Gasteiger partial charge in [-0.1, -0.05) is 11.6 Å². The smallest absolute Gasteiger partial charge is 0.155 e. The molecule has 1 aromatic heterocycles. The lowest BCUT2D eigenvalue weighted by atomic mass is 10.2. The fourth-order valence-electron chi connectivity index (χ4n) is 2.41. The van der Waals surface area contributed by atoms with Crippen molar-refractivity contribution >= 4 is 17.4 Å². The van der Waals surface area contributed by atoms with Crippen molar-refractivity contribution in [2.45, 2.75) is 20.3 Å². The summed E-state index contributed by atoms with van der Waals surface area (Å²) in [4.78, 5) is 4.55. The summed E-state index contributed by atoms with van der Waals surface area (Å²) < 4.78 is 0. The van der Waals surface area contributed by atoms with Crippen LogP contribution in [0.4, 0.5) is 5.82 Å². The van der Waals surface area contributed by atoms with Gasteiger partial charge in [0.25, 0.3) is 0 Å². The van der Waals surface area contributed by atoms with E-state index < -0.39 is 0 Å². The van der Waals surface area contributed by atoms with Crippen molar-refractivity contribution in [1.29, 1.82) is 0 Å². The first kappa shape index (κ1) is 14.5. The van der Waals surface area contributed by atoms with E-state index in [1.165, 1.54) is 0 Å². The van der Waals surface area contributed by atoms with Crippen molar-refractivity contribution in [2.75, 3.05) is 44.2 Å². The van der Waals surface area contributed by atoms with Gasteiger partial charge in [0.2, 0.25) is 0 Å². The lowest BCUT2D eigenvalue weighted by Gasteiger charge is -2.24.